The molecule has 0 saturated heterocycles. The molecular formula is C17H17N3O3S. The Morgan fingerprint density at radius 3 is 2.62 bits per heavy atom. The first-order valence-corrected chi connectivity index (χ1v) is 8.92. The zero-order valence-corrected chi connectivity index (χ0v) is 13.9. The lowest BCUT2D eigenvalue weighted by Gasteiger charge is -2.10. The van der Waals surface area contributed by atoms with Crippen LogP contribution in [0.25, 0.3) is 11.4 Å². The lowest BCUT2D eigenvalue weighted by Crippen LogP contribution is -2.12. The van der Waals surface area contributed by atoms with Crippen molar-refractivity contribution in [2.45, 2.75) is 11.8 Å². The molecule has 7 heteroatoms. The van der Waals surface area contributed by atoms with E-state index in [0.717, 1.165) is 5.56 Å². The van der Waals surface area contributed by atoms with E-state index in [-0.39, 0.29) is 4.90 Å². The number of H-pyrrole nitrogens is 1. The van der Waals surface area contributed by atoms with Crippen LogP contribution in [0.1, 0.15) is 6.92 Å². The molecule has 3 rings (SSSR count). The SMILES string of the molecule is CCOc1ccc(S(=O)(=O)Nc2cccc(-c3ncc[nH]3)c2)cc1. The van der Waals surface area contributed by atoms with Crippen LogP contribution < -0.4 is 9.46 Å². The topological polar surface area (TPSA) is 84.1 Å². The summed E-state index contributed by atoms with van der Waals surface area (Å²) in [4.78, 5) is 7.33. The molecule has 0 radical (unpaired) electrons. The normalized spacial score (nSPS) is 11.2. The summed E-state index contributed by atoms with van der Waals surface area (Å²) < 4.78 is 32.9. The predicted octanol–water partition coefficient (Wildman–Crippen LogP) is 3.28. The van der Waals surface area contributed by atoms with Gasteiger partial charge in [0.2, 0.25) is 0 Å². The molecule has 0 aliphatic carbocycles. The standard InChI is InChI=1S/C17H17N3O3S/c1-2-23-15-6-8-16(9-7-15)24(21,22)20-14-5-3-4-13(12-14)17-18-10-11-19-17/h3-12,20H,2H2,1H3,(H,18,19). The van der Waals surface area contributed by atoms with Gasteiger partial charge >= 0.3 is 0 Å². The average molecular weight is 343 g/mol. The van der Waals surface area contributed by atoms with Gasteiger partial charge in [-0.2, -0.15) is 0 Å². The highest BCUT2D eigenvalue weighted by atomic mass is 32.2. The van der Waals surface area contributed by atoms with Crippen molar-refractivity contribution in [3.8, 4) is 17.1 Å². The highest BCUT2D eigenvalue weighted by Gasteiger charge is 2.14. The van der Waals surface area contributed by atoms with Crippen LogP contribution in [-0.4, -0.2) is 25.0 Å². The Kier molecular flexibility index (Phi) is 4.52. The van der Waals surface area contributed by atoms with E-state index in [1.165, 1.54) is 12.1 Å². The van der Waals surface area contributed by atoms with Crippen LogP contribution in [0.4, 0.5) is 5.69 Å². The molecule has 24 heavy (non-hydrogen) atoms. The van der Waals surface area contributed by atoms with E-state index in [1.54, 1.807) is 42.7 Å². The van der Waals surface area contributed by atoms with Gasteiger partial charge in [-0.15, -0.1) is 0 Å². The van der Waals surface area contributed by atoms with Gasteiger partial charge in [-0.3, -0.25) is 4.72 Å². The molecule has 0 saturated carbocycles. The summed E-state index contributed by atoms with van der Waals surface area (Å²) in [6.45, 7) is 2.40. The minimum absolute atomic E-state index is 0.175. The highest BCUT2D eigenvalue weighted by molar-refractivity contribution is 7.92. The van der Waals surface area contributed by atoms with E-state index in [1.807, 2.05) is 13.0 Å². The van der Waals surface area contributed by atoms with Gasteiger partial charge in [-0.05, 0) is 43.3 Å². The van der Waals surface area contributed by atoms with Gasteiger partial charge in [-0.1, -0.05) is 12.1 Å². The Morgan fingerprint density at radius 1 is 1.17 bits per heavy atom. The molecule has 0 spiro atoms. The first-order valence-electron chi connectivity index (χ1n) is 7.44. The largest absolute Gasteiger partial charge is 0.494 e. The Bertz CT molecular complexity index is 905. The molecule has 2 aromatic carbocycles. The smallest absolute Gasteiger partial charge is 0.261 e. The third-order valence-electron chi connectivity index (χ3n) is 3.33. The van der Waals surface area contributed by atoms with Crippen molar-refractivity contribution < 1.29 is 13.2 Å². The van der Waals surface area contributed by atoms with E-state index in [0.29, 0.717) is 23.9 Å². The summed E-state index contributed by atoms with van der Waals surface area (Å²) >= 11 is 0. The minimum atomic E-state index is -3.67. The molecule has 3 aromatic rings. The Morgan fingerprint density at radius 2 is 1.96 bits per heavy atom. The number of aromatic nitrogens is 2. The van der Waals surface area contributed by atoms with Crippen LogP contribution in [0.5, 0.6) is 5.75 Å². The monoisotopic (exact) mass is 343 g/mol. The number of sulfonamides is 1. The number of hydrogen-bond acceptors (Lipinski definition) is 4. The van der Waals surface area contributed by atoms with Crippen molar-refractivity contribution in [2.24, 2.45) is 0 Å². The molecule has 2 N–H and O–H groups in total. The van der Waals surface area contributed by atoms with E-state index in [2.05, 4.69) is 14.7 Å². The fourth-order valence-corrected chi connectivity index (χ4v) is 3.30. The maximum Gasteiger partial charge on any atom is 0.261 e. The molecule has 0 aliphatic rings. The summed E-state index contributed by atoms with van der Waals surface area (Å²) in [6.07, 6.45) is 3.36. The Labute approximate surface area is 140 Å². The number of nitrogens with zero attached hydrogens (tertiary/aromatic N) is 1. The highest BCUT2D eigenvalue weighted by Crippen LogP contribution is 2.23. The van der Waals surface area contributed by atoms with Crippen LogP contribution in [0.15, 0.2) is 65.8 Å². The molecule has 1 heterocycles. The number of nitrogens with one attached hydrogen (secondary N) is 2. The summed E-state index contributed by atoms with van der Waals surface area (Å²) in [5, 5.41) is 0. The predicted molar refractivity (Wildman–Crippen MR) is 92.4 cm³/mol. The summed E-state index contributed by atoms with van der Waals surface area (Å²) in [5.74, 6) is 1.31. The number of anilines is 1. The van der Waals surface area contributed by atoms with Crippen molar-refractivity contribution in [3.63, 3.8) is 0 Å². The van der Waals surface area contributed by atoms with Crippen molar-refractivity contribution in [2.75, 3.05) is 11.3 Å². The molecular weight excluding hydrogens is 326 g/mol. The second kappa shape index (κ2) is 6.76. The zero-order valence-electron chi connectivity index (χ0n) is 13.1. The number of imidazole rings is 1. The fraction of sp³-hybridized carbons (Fsp3) is 0.118. The first-order chi connectivity index (χ1) is 11.6. The third-order valence-corrected chi connectivity index (χ3v) is 4.73. The van der Waals surface area contributed by atoms with E-state index in [4.69, 9.17) is 4.74 Å². The molecule has 0 bridgehead atoms. The number of hydrogen-bond donors (Lipinski definition) is 2. The lowest BCUT2D eigenvalue weighted by molar-refractivity contribution is 0.340. The summed E-state index contributed by atoms with van der Waals surface area (Å²) in [6, 6.07) is 13.4. The lowest BCUT2D eigenvalue weighted by atomic mass is 10.2. The van der Waals surface area contributed by atoms with Crippen molar-refractivity contribution in [3.05, 3.63) is 60.9 Å². The second-order valence-electron chi connectivity index (χ2n) is 5.03. The fourth-order valence-electron chi connectivity index (χ4n) is 2.25. The quantitative estimate of drug-likeness (QED) is 0.719. The van der Waals surface area contributed by atoms with Crippen LogP contribution in [0.3, 0.4) is 0 Å². The molecule has 0 atom stereocenters. The number of benzene rings is 2. The number of ether oxygens (including phenoxy) is 1. The van der Waals surface area contributed by atoms with Gasteiger partial charge in [0.15, 0.2) is 0 Å². The zero-order chi connectivity index (χ0) is 17.0. The molecule has 0 aliphatic heterocycles. The van der Waals surface area contributed by atoms with Gasteiger partial charge in [-0.25, -0.2) is 13.4 Å². The molecule has 0 amide bonds. The summed E-state index contributed by atoms with van der Waals surface area (Å²) in [5.41, 5.74) is 1.27. The molecule has 1 aromatic heterocycles. The summed E-state index contributed by atoms with van der Waals surface area (Å²) in [7, 11) is -3.67. The number of rotatable bonds is 6. The van der Waals surface area contributed by atoms with Crippen molar-refractivity contribution in [1.29, 1.82) is 0 Å². The van der Waals surface area contributed by atoms with Crippen LogP contribution in [0.2, 0.25) is 0 Å². The van der Waals surface area contributed by atoms with Crippen LogP contribution in [-0.2, 0) is 10.0 Å². The minimum Gasteiger partial charge on any atom is -0.494 e. The maximum absolute atomic E-state index is 12.5. The number of aromatic amines is 1. The molecule has 0 unspecified atom stereocenters. The maximum atomic E-state index is 12.5. The van der Waals surface area contributed by atoms with Gasteiger partial charge in [0.05, 0.1) is 11.5 Å². The Balaban J connectivity index is 1.83. The third kappa shape index (κ3) is 3.57. The second-order valence-corrected chi connectivity index (χ2v) is 6.71. The molecule has 6 nitrogen and oxygen atoms in total. The van der Waals surface area contributed by atoms with Crippen LogP contribution in [0, 0.1) is 0 Å². The Hall–Kier alpha value is -2.80. The van der Waals surface area contributed by atoms with E-state index >= 15 is 0 Å². The molecule has 124 valence electrons. The van der Waals surface area contributed by atoms with Crippen molar-refractivity contribution >= 4 is 15.7 Å². The van der Waals surface area contributed by atoms with Gasteiger partial charge in [0.1, 0.15) is 11.6 Å². The van der Waals surface area contributed by atoms with E-state index < -0.39 is 10.0 Å². The molecule has 0 fully saturated rings. The average Bonchev–Trinajstić information content (AvgIpc) is 3.10. The van der Waals surface area contributed by atoms with Gasteiger partial charge in [0.25, 0.3) is 10.0 Å². The van der Waals surface area contributed by atoms with E-state index in [9.17, 15) is 8.42 Å². The van der Waals surface area contributed by atoms with Gasteiger partial charge in [0, 0.05) is 23.6 Å². The van der Waals surface area contributed by atoms with Crippen molar-refractivity contribution in [1.82, 2.24) is 9.97 Å². The van der Waals surface area contributed by atoms with Gasteiger partial charge < -0.3 is 9.72 Å². The van der Waals surface area contributed by atoms with Crippen LogP contribution >= 0.6 is 0 Å². The first kappa shape index (κ1) is 16.1.